The molecule has 0 aliphatic heterocycles. The molecule has 1 aromatic heterocycles. The number of rotatable bonds is 5. The Morgan fingerprint density at radius 2 is 2.32 bits per heavy atom. The van der Waals surface area contributed by atoms with Crippen molar-refractivity contribution < 1.29 is 8.81 Å². The van der Waals surface area contributed by atoms with Crippen molar-refractivity contribution in [3.8, 4) is 6.07 Å². The molecule has 0 bridgehead atoms. The van der Waals surface area contributed by atoms with Crippen LogP contribution in [-0.4, -0.2) is 11.2 Å². The number of hydrogen-bond donors (Lipinski definition) is 1. The van der Waals surface area contributed by atoms with Gasteiger partial charge in [0.2, 0.25) is 5.69 Å². The zero-order valence-corrected chi connectivity index (χ0v) is 12.9. The molecule has 1 aromatic carbocycles. The second-order valence-electron chi connectivity index (χ2n) is 5.00. The maximum absolute atomic E-state index is 13.6. The molecule has 0 unspecified atom stereocenters. The first kappa shape index (κ1) is 16.0. The van der Waals surface area contributed by atoms with E-state index in [2.05, 4.69) is 15.5 Å². The average Bonchev–Trinajstić information content (AvgIpc) is 2.83. The molecule has 2 rings (SSSR count). The van der Waals surface area contributed by atoms with E-state index in [4.69, 9.17) is 21.3 Å². The zero-order chi connectivity index (χ0) is 16.1. The monoisotopic (exact) mass is 320 g/mol. The maximum atomic E-state index is 13.6. The van der Waals surface area contributed by atoms with Crippen LogP contribution >= 0.6 is 11.6 Å². The number of benzene rings is 1. The number of aromatic nitrogens is 1. The summed E-state index contributed by atoms with van der Waals surface area (Å²) < 4.78 is 19.0. The summed E-state index contributed by atoms with van der Waals surface area (Å²) in [6, 6.07) is 6.26. The van der Waals surface area contributed by atoms with Crippen molar-refractivity contribution in [1.82, 2.24) is 4.98 Å². The van der Waals surface area contributed by atoms with Crippen LogP contribution in [0.15, 0.2) is 27.7 Å². The van der Waals surface area contributed by atoms with Gasteiger partial charge in [-0.2, -0.15) is 10.4 Å². The van der Waals surface area contributed by atoms with Gasteiger partial charge in [0.15, 0.2) is 5.89 Å². The number of nitriles is 1. The van der Waals surface area contributed by atoms with Gasteiger partial charge in [-0.1, -0.05) is 31.5 Å². The Balaban J connectivity index is 2.16. The Labute approximate surface area is 132 Å². The molecular formula is C15H14ClFN4O. The molecule has 0 fully saturated rings. The second-order valence-corrected chi connectivity index (χ2v) is 5.41. The molecule has 0 aliphatic rings. The van der Waals surface area contributed by atoms with Gasteiger partial charge < -0.3 is 4.42 Å². The number of halogens is 2. The summed E-state index contributed by atoms with van der Waals surface area (Å²) in [4.78, 5) is 4.07. The lowest BCUT2D eigenvalue weighted by atomic mass is 10.1. The van der Waals surface area contributed by atoms with Gasteiger partial charge in [-0.25, -0.2) is 14.8 Å². The van der Waals surface area contributed by atoms with Crippen molar-refractivity contribution in [1.29, 1.82) is 5.26 Å². The summed E-state index contributed by atoms with van der Waals surface area (Å²) >= 11 is 5.88. The van der Waals surface area contributed by atoms with Crippen LogP contribution in [0.3, 0.4) is 0 Å². The predicted octanol–water partition coefficient (Wildman–Crippen LogP) is 3.98. The molecule has 1 N–H and O–H groups in total. The summed E-state index contributed by atoms with van der Waals surface area (Å²) in [5.41, 5.74) is 2.81. The van der Waals surface area contributed by atoms with Crippen LogP contribution < -0.4 is 5.43 Å². The molecule has 0 atom stereocenters. The van der Waals surface area contributed by atoms with Gasteiger partial charge in [0.05, 0.1) is 11.2 Å². The third kappa shape index (κ3) is 3.83. The molecule has 5 nitrogen and oxygen atoms in total. The molecule has 0 amide bonds. The molecular weight excluding hydrogens is 307 g/mol. The van der Waals surface area contributed by atoms with Gasteiger partial charge in [0, 0.05) is 12.0 Å². The van der Waals surface area contributed by atoms with E-state index in [9.17, 15) is 4.39 Å². The molecule has 7 heteroatoms. The Morgan fingerprint density at radius 3 is 2.95 bits per heavy atom. The van der Waals surface area contributed by atoms with E-state index in [1.807, 2.05) is 19.9 Å². The smallest absolute Gasteiger partial charge is 0.252 e. The lowest BCUT2D eigenvalue weighted by Gasteiger charge is -2.00. The van der Waals surface area contributed by atoms with Crippen molar-refractivity contribution in [2.75, 3.05) is 5.43 Å². The van der Waals surface area contributed by atoms with E-state index < -0.39 is 5.82 Å². The highest BCUT2D eigenvalue weighted by molar-refractivity contribution is 6.33. The van der Waals surface area contributed by atoms with Gasteiger partial charge >= 0.3 is 0 Å². The second kappa shape index (κ2) is 7.05. The van der Waals surface area contributed by atoms with Crippen molar-refractivity contribution >= 4 is 23.7 Å². The number of nitrogens with one attached hydrogen (secondary N) is 1. The topological polar surface area (TPSA) is 74.2 Å². The Bertz CT molecular complexity index is 713. The molecule has 114 valence electrons. The summed E-state index contributed by atoms with van der Waals surface area (Å²) in [5.74, 6) is 0.436. The van der Waals surface area contributed by atoms with Crippen molar-refractivity contribution in [2.45, 2.75) is 20.3 Å². The summed E-state index contributed by atoms with van der Waals surface area (Å²) in [7, 11) is 0. The summed E-state index contributed by atoms with van der Waals surface area (Å²) in [5, 5.41) is 13.1. The third-order valence-electron chi connectivity index (χ3n) is 2.72. The number of hydrazone groups is 1. The minimum Gasteiger partial charge on any atom is -0.422 e. The molecule has 0 radical (unpaired) electrons. The van der Waals surface area contributed by atoms with Gasteiger partial charge in [0.1, 0.15) is 11.9 Å². The lowest BCUT2D eigenvalue weighted by molar-refractivity contribution is 0.466. The molecule has 0 spiro atoms. The van der Waals surface area contributed by atoms with Crippen molar-refractivity contribution in [3.63, 3.8) is 0 Å². The predicted molar refractivity (Wildman–Crippen MR) is 82.4 cm³/mol. The van der Waals surface area contributed by atoms with Crippen LogP contribution in [0.1, 0.15) is 31.0 Å². The first-order chi connectivity index (χ1) is 10.5. The van der Waals surface area contributed by atoms with Gasteiger partial charge in [-0.15, -0.1) is 0 Å². The Morgan fingerprint density at radius 1 is 1.55 bits per heavy atom. The third-order valence-corrected chi connectivity index (χ3v) is 3.05. The standard InChI is InChI=1S/C15H14ClFN4O/c1-9(2)6-14-20-13(7-18)15(22-14)21-19-8-10-11(16)4-3-5-12(10)17/h3-5,8-9,21H,6H2,1-2H3/b19-8-. The van der Waals surface area contributed by atoms with E-state index in [0.29, 0.717) is 18.2 Å². The van der Waals surface area contributed by atoms with Gasteiger partial charge in [0.25, 0.3) is 5.88 Å². The summed E-state index contributed by atoms with van der Waals surface area (Å²) in [6.45, 7) is 4.03. The maximum Gasteiger partial charge on any atom is 0.252 e. The van der Waals surface area contributed by atoms with Crippen molar-refractivity contribution in [3.05, 3.63) is 46.2 Å². The Hall–Kier alpha value is -2.39. The normalized spacial score (nSPS) is 11.1. The summed E-state index contributed by atoms with van der Waals surface area (Å²) in [6.07, 6.45) is 1.84. The average molecular weight is 321 g/mol. The van der Waals surface area contributed by atoms with E-state index >= 15 is 0 Å². The first-order valence-electron chi connectivity index (χ1n) is 6.64. The molecule has 0 aliphatic carbocycles. The van der Waals surface area contributed by atoms with Gasteiger partial charge in [-0.3, -0.25) is 0 Å². The highest BCUT2D eigenvalue weighted by atomic mass is 35.5. The first-order valence-corrected chi connectivity index (χ1v) is 7.02. The Kier molecular flexibility index (Phi) is 5.12. The van der Waals surface area contributed by atoms with Crippen LogP contribution in [0.4, 0.5) is 10.3 Å². The molecule has 22 heavy (non-hydrogen) atoms. The fourth-order valence-electron chi connectivity index (χ4n) is 1.74. The van der Waals surface area contributed by atoms with E-state index in [1.54, 1.807) is 6.07 Å². The number of nitrogens with zero attached hydrogens (tertiary/aromatic N) is 3. The zero-order valence-electron chi connectivity index (χ0n) is 12.1. The number of anilines is 1. The van der Waals surface area contributed by atoms with Crippen LogP contribution in [0, 0.1) is 23.1 Å². The largest absolute Gasteiger partial charge is 0.422 e. The fraction of sp³-hybridized carbons (Fsp3) is 0.267. The highest BCUT2D eigenvalue weighted by Crippen LogP contribution is 2.20. The minimum atomic E-state index is -0.489. The van der Waals surface area contributed by atoms with E-state index in [1.165, 1.54) is 18.3 Å². The van der Waals surface area contributed by atoms with Crippen LogP contribution in [0.5, 0.6) is 0 Å². The van der Waals surface area contributed by atoms with E-state index in [-0.39, 0.29) is 22.2 Å². The molecule has 0 saturated heterocycles. The quantitative estimate of drug-likeness (QED) is 0.668. The molecule has 1 heterocycles. The SMILES string of the molecule is CC(C)Cc1nc(C#N)c(N/N=C\c2c(F)cccc2Cl)o1. The van der Waals surface area contributed by atoms with Crippen LogP contribution in [-0.2, 0) is 6.42 Å². The van der Waals surface area contributed by atoms with Gasteiger partial charge in [-0.05, 0) is 18.1 Å². The molecule has 0 saturated carbocycles. The number of oxazole rings is 1. The minimum absolute atomic E-state index is 0.104. The molecule has 2 aromatic rings. The lowest BCUT2D eigenvalue weighted by Crippen LogP contribution is -1.94. The van der Waals surface area contributed by atoms with Crippen LogP contribution in [0.25, 0.3) is 0 Å². The fourth-order valence-corrected chi connectivity index (χ4v) is 1.95. The number of hydrogen-bond acceptors (Lipinski definition) is 5. The van der Waals surface area contributed by atoms with Crippen LogP contribution in [0.2, 0.25) is 5.02 Å². The van der Waals surface area contributed by atoms with E-state index in [0.717, 1.165) is 0 Å². The van der Waals surface area contributed by atoms with Crippen molar-refractivity contribution in [2.24, 2.45) is 11.0 Å². The highest BCUT2D eigenvalue weighted by Gasteiger charge is 2.13.